The first-order valence-electron chi connectivity index (χ1n) is 17.0. The molecule has 0 radical (unpaired) electrons. The molecule has 7 heteroatoms. The Bertz CT molecular complexity index is 1640. The Balaban J connectivity index is 1.02. The average molecular weight is 644 g/mol. The van der Waals surface area contributed by atoms with Gasteiger partial charge in [0, 0.05) is 33.8 Å². The molecule has 0 aliphatic rings. The van der Waals surface area contributed by atoms with Crippen LogP contribution in [0, 0.1) is 0 Å². The van der Waals surface area contributed by atoms with Gasteiger partial charge in [0.05, 0.1) is 13.2 Å². The van der Waals surface area contributed by atoms with E-state index in [0.29, 0.717) is 30.6 Å². The second-order valence-electron chi connectivity index (χ2n) is 11.9. The van der Waals surface area contributed by atoms with Crippen LogP contribution in [0.25, 0.3) is 22.9 Å². The third-order valence-electron chi connectivity index (χ3n) is 8.07. The average Bonchev–Trinajstić information content (AvgIpc) is 3.62. The number of para-hydroxylation sites is 2. The predicted molar refractivity (Wildman–Crippen MR) is 193 cm³/mol. The molecule has 0 aliphatic heterocycles. The number of esters is 1. The molecule has 0 fully saturated rings. The first kappa shape index (κ1) is 34.2. The molecule has 0 unspecified atom stereocenters. The SMILES string of the molecule is C=C(C)C(=O)OCCCCCCCCCCCOc1ccc(-c2nnc(-c3ccc(N(c4ccccc4)c4ccccc4)cc3)o2)cc1. The van der Waals surface area contributed by atoms with Crippen LogP contribution in [0.1, 0.15) is 64.7 Å². The smallest absolute Gasteiger partial charge is 0.333 e. The van der Waals surface area contributed by atoms with Gasteiger partial charge in [-0.3, -0.25) is 0 Å². The summed E-state index contributed by atoms with van der Waals surface area (Å²) in [5, 5.41) is 8.62. The van der Waals surface area contributed by atoms with Crippen LogP contribution >= 0.6 is 0 Å². The first-order valence-corrected chi connectivity index (χ1v) is 17.0. The van der Waals surface area contributed by atoms with Gasteiger partial charge in [-0.2, -0.15) is 0 Å². The van der Waals surface area contributed by atoms with Crippen LogP contribution < -0.4 is 9.64 Å². The molecule has 5 aromatic rings. The van der Waals surface area contributed by atoms with Gasteiger partial charge < -0.3 is 18.8 Å². The summed E-state index contributed by atoms with van der Waals surface area (Å²) in [5.74, 6) is 1.50. The van der Waals surface area contributed by atoms with Gasteiger partial charge in [0.25, 0.3) is 0 Å². The third-order valence-corrected chi connectivity index (χ3v) is 8.07. The lowest BCUT2D eigenvalue weighted by Gasteiger charge is -2.25. The molecule has 248 valence electrons. The maximum absolute atomic E-state index is 11.4. The van der Waals surface area contributed by atoms with E-state index in [2.05, 4.69) is 58.1 Å². The van der Waals surface area contributed by atoms with E-state index in [-0.39, 0.29) is 5.97 Å². The van der Waals surface area contributed by atoms with Crippen molar-refractivity contribution in [3.63, 3.8) is 0 Å². The minimum Gasteiger partial charge on any atom is -0.494 e. The Kier molecular flexibility index (Phi) is 13.0. The van der Waals surface area contributed by atoms with Crippen molar-refractivity contribution in [3.8, 4) is 28.7 Å². The van der Waals surface area contributed by atoms with Gasteiger partial charge in [0.1, 0.15) is 5.75 Å². The highest BCUT2D eigenvalue weighted by atomic mass is 16.5. The molecule has 48 heavy (non-hydrogen) atoms. The molecule has 0 N–H and O–H groups in total. The van der Waals surface area contributed by atoms with E-state index < -0.39 is 0 Å². The van der Waals surface area contributed by atoms with Crippen LogP contribution in [0.2, 0.25) is 0 Å². The Morgan fingerprint density at radius 2 is 1.04 bits per heavy atom. The summed E-state index contributed by atoms with van der Waals surface area (Å²) in [6, 6.07) is 36.6. The Hall–Kier alpha value is -5.17. The monoisotopic (exact) mass is 643 g/mol. The van der Waals surface area contributed by atoms with Crippen LogP contribution in [0.3, 0.4) is 0 Å². The zero-order chi connectivity index (χ0) is 33.4. The molecule has 5 rings (SSSR count). The molecule has 0 saturated carbocycles. The zero-order valence-corrected chi connectivity index (χ0v) is 27.9. The number of rotatable bonds is 19. The molecular formula is C41H45N3O4. The van der Waals surface area contributed by atoms with Crippen LogP contribution in [-0.2, 0) is 9.53 Å². The molecule has 0 atom stereocenters. The molecular weight excluding hydrogens is 598 g/mol. The van der Waals surface area contributed by atoms with Crippen LogP contribution in [0.4, 0.5) is 17.1 Å². The molecule has 1 heterocycles. The quantitative estimate of drug-likeness (QED) is 0.0503. The lowest BCUT2D eigenvalue weighted by atomic mass is 10.1. The number of hydrogen-bond donors (Lipinski definition) is 0. The minimum atomic E-state index is -0.289. The third kappa shape index (κ3) is 10.2. The maximum Gasteiger partial charge on any atom is 0.333 e. The van der Waals surface area contributed by atoms with Crippen molar-refractivity contribution >= 4 is 23.0 Å². The van der Waals surface area contributed by atoms with Gasteiger partial charge in [-0.1, -0.05) is 87.9 Å². The van der Waals surface area contributed by atoms with Gasteiger partial charge in [0.2, 0.25) is 11.8 Å². The van der Waals surface area contributed by atoms with Gasteiger partial charge in [-0.25, -0.2) is 4.79 Å². The fourth-order valence-electron chi connectivity index (χ4n) is 5.42. The largest absolute Gasteiger partial charge is 0.494 e. The highest BCUT2D eigenvalue weighted by Crippen LogP contribution is 2.35. The number of ether oxygens (including phenoxy) is 2. The molecule has 4 aromatic carbocycles. The van der Waals surface area contributed by atoms with Crippen LogP contribution in [0.5, 0.6) is 5.75 Å². The lowest BCUT2D eigenvalue weighted by Crippen LogP contribution is -2.09. The van der Waals surface area contributed by atoms with E-state index in [1.165, 1.54) is 32.1 Å². The summed E-state index contributed by atoms with van der Waals surface area (Å²) in [5.41, 5.74) is 5.38. The highest BCUT2D eigenvalue weighted by Gasteiger charge is 2.14. The fraction of sp³-hybridized carbons (Fsp3) is 0.293. The van der Waals surface area contributed by atoms with Gasteiger partial charge in [-0.05, 0) is 92.6 Å². The number of unbranched alkanes of at least 4 members (excludes halogenated alkanes) is 8. The number of carbonyl (C=O) groups excluding carboxylic acids is 1. The molecule has 7 nitrogen and oxygen atoms in total. The molecule has 1 aromatic heterocycles. The number of anilines is 3. The van der Waals surface area contributed by atoms with E-state index in [1.54, 1.807) is 6.92 Å². The lowest BCUT2D eigenvalue weighted by molar-refractivity contribution is -0.139. The van der Waals surface area contributed by atoms with Crippen LogP contribution in [-0.4, -0.2) is 29.4 Å². The van der Waals surface area contributed by atoms with Gasteiger partial charge in [-0.15, -0.1) is 10.2 Å². The Labute approximate surface area is 284 Å². The Morgan fingerprint density at radius 3 is 1.54 bits per heavy atom. The highest BCUT2D eigenvalue weighted by molar-refractivity contribution is 5.86. The van der Waals surface area contributed by atoms with Crippen molar-refractivity contribution in [2.24, 2.45) is 0 Å². The molecule has 0 aliphatic carbocycles. The van der Waals surface area contributed by atoms with Gasteiger partial charge in [0.15, 0.2) is 0 Å². The van der Waals surface area contributed by atoms with E-state index >= 15 is 0 Å². The standard InChI is InChI=1S/C41H45N3O4/c1-32(2)41(45)47-31-17-9-7-5-3-4-6-8-16-30-46-38-28-24-34(25-29-38)40-43-42-39(48-40)33-22-26-37(27-23-33)44(35-18-12-10-13-19-35)36-20-14-11-15-21-36/h10-15,18-29H,1,3-9,16-17,30-31H2,2H3. The second-order valence-corrected chi connectivity index (χ2v) is 11.9. The first-order chi connectivity index (χ1) is 23.6. The number of benzene rings is 4. The van der Waals surface area contributed by atoms with E-state index in [9.17, 15) is 4.79 Å². The number of carbonyl (C=O) groups is 1. The molecule has 0 bridgehead atoms. The number of aromatic nitrogens is 2. The summed E-state index contributed by atoms with van der Waals surface area (Å²) < 4.78 is 17.2. The Morgan fingerprint density at radius 1 is 0.604 bits per heavy atom. The topological polar surface area (TPSA) is 77.7 Å². The molecule has 0 saturated heterocycles. The zero-order valence-electron chi connectivity index (χ0n) is 27.9. The summed E-state index contributed by atoms with van der Waals surface area (Å²) in [4.78, 5) is 13.6. The summed E-state index contributed by atoms with van der Waals surface area (Å²) in [7, 11) is 0. The summed E-state index contributed by atoms with van der Waals surface area (Å²) in [6.45, 7) is 6.46. The normalized spacial score (nSPS) is 10.9. The molecule has 0 spiro atoms. The van der Waals surface area contributed by atoms with E-state index in [1.807, 2.05) is 72.8 Å². The number of nitrogens with zero attached hydrogens (tertiary/aromatic N) is 3. The summed E-state index contributed by atoms with van der Waals surface area (Å²) >= 11 is 0. The minimum absolute atomic E-state index is 0.289. The second kappa shape index (κ2) is 18.2. The van der Waals surface area contributed by atoms with Crippen molar-refractivity contribution < 1.29 is 18.7 Å². The van der Waals surface area contributed by atoms with Crippen molar-refractivity contribution in [2.45, 2.75) is 64.7 Å². The van der Waals surface area contributed by atoms with Crippen molar-refractivity contribution in [2.75, 3.05) is 18.1 Å². The van der Waals surface area contributed by atoms with E-state index in [0.717, 1.165) is 59.6 Å². The predicted octanol–water partition coefficient (Wildman–Crippen LogP) is 10.9. The van der Waals surface area contributed by atoms with E-state index in [4.69, 9.17) is 13.9 Å². The van der Waals surface area contributed by atoms with Crippen molar-refractivity contribution in [1.29, 1.82) is 0 Å². The fourth-order valence-corrected chi connectivity index (χ4v) is 5.42. The van der Waals surface area contributed by atoms with Crippen molar-refractivity contribution in [1.82, 2.24) is 10.2 Å². The summed E-state index contributed by atoms with van der Waals surface area (Å²) in [6.07, 6.45) is 10.4. The maximum atomic E-state index is 11.4. The molecule has 0 amide bonds. The van der Waals surface area contributed by atoms with Crippen LogP contribution in [0.15, 0.2) is 126 Å². The van der Waals surface area contributed by atoms with Crippen molar-refractivity contribution in [3.05, 3.63) is 121 Å². The number of hydrogen-bond acceptors (Lipinski definition) is 7. The van der Waals surface area contributed by atoms with Gasteiger partial charge >= 0.3 is 5.97 Å².